The second kappa shape index (κ2) is 5.70. The number of aliphatic hydroxyl groups is 2. The molecule has 15 heavy (non-hydrogen) atoms. The van der Waals surface area contributed by atoms with Gasteiger partial charge in [-0.2, -0.15) is 0 Å². The van der Waals surface area contributed by atoms with Crippen molar-refractivity contribution in [1.29, 1.82) is 0 Å². The van der Waals surface area contributed by atoms with Crippen molar-refractivity contribution in [2.24, 2.45) is 0 Å². The van der Waals surface area contributed by atoms with Crippen LogP contribution in [0.1, 0.15) is 18.1 Å². The Labute approximate surface area is 102 Å². The molecule has 1 rings (SSSR count). The van der Waals surface area contributed by atoms with Crippen LogP contribution in [0.2, 0.25) is 5.02 Å². The summed E-state index contributed by atoms with van der Waals surface area (Å²) in [5.41, 5.74) is 6.57. The van der Waals surface area contributed by atoms with Crippen molar-refractivity contribution in [2.45, 2.75) is 18.6 Å². The Bertz CT molecular complexity index is 335. The van der Waals surface area contributed by atoms with Crippen LogP contribution in [0.25, 0.3) is 0 Å². The van der Waals surface area contributed by atoms with Crippen molar-refractivity contribution >= 4 is 33.2 Å². The van der Waals surface area contributed by atoms with Crippen LogP contribution in [0.3, 0.4) is 0 Å². The highest BCUT2D eigenvalue weighted by atomic mass is 79.9. The van der Waals surface area contributed by atoms with Crippen molar-refractivity contribution in [3.8, 4) is 0 Å². The topological polar surface area (TPSA) is 66.5 Å². The summed E-state index contributed by atoms with van der Waals surface area (Å²) in [6.07, 6.45) is -1.26. The highest BCUT2D eigenvalue weighted by Gasteiger charge is 2.18. The highest BCUT2D eigenvalue weighted by molar-refractivity contribution is 9.09. The van der Waals surface area contributed by atoms with E-state index in [2.05, 4.69) is 15.9 Å². The monoisotopic (exact) mass is 293 g/mol. The van der Waals surface area contributed by atoms with Gasteiger partial charge in [0, 0.05) is 5.33 Å². The molecule has 1 aromatic carbocycles. The lowest BCUT2D eigenvalue weighted by atomic mass is 10.0. The van der Waals surface area contributed by atoms with Crippen molar-refractivity contribution in [3.05, 3.63) is 28.8 Å². The standard InChI is InChI=1S/C10H13BrClNO2/c11-4-3-9(14)10(15)6-1-2-8(13)7(12)5-6/h1-2,5,9-10,14-15H,3-4,13H2. The van der Waals surface area contributed by atoms with Crippen LogP contribution in [-0.2, 0) is 0 Å². The van der Waals surface area contributed by atoms with Gasteiger partial charge in [-0.15, -0.1) is 0 Å². The van der Waals surface area contributed by atoms with E-state index in [1.54, 1.807) is 18.2 Å². The van der Waals surface area contributed by atoms with Crippen LogP contribution in [0.4, 0.5) is 5.69 Å². The maximum atomic E-state index is 9.77. The van der Waals surface area contributed by atoms with Crippen molar-refractivity contribution in [2.75, 3.05) is 11.1 Å². The molecule has 0 radical (unpaired) electrons. The van der Waals surface area contributed by atoms with Gasteiger partial charge in [-0.05, 0) is 24.1 Å². The van der Waals surface area contributed by atoms with Gasteiger partial charge < -0.3 is 15.9 Å². The van der Waals surface area contributed by atoms with Crippen molar-refractivity contribution in [1.82, 2.24) is 0 Å². The Morgan fingerprint density at radius 2 is 2.07 bits per heavy atom. The minimum atomic E-state index is -0.930. The lowest BCUT2D eigenvalue weighted by Crippen LogP contribution is -2.18. The van der Waals surface area contributed by atoms with E-state index in [1.165, 1.54) is 0 Å². The molecule has 0 fully saturated rings. The summed E-state index contributed by atoms with van der Waals surface area (Å²) < 4.78 is 0. The van der Waals surface area contributed by atoms with Gasteiger partial charge in [0.2, 0.25) is 0 Å². The smallest absolute Gasteiger partial charge is 0.105 e. The fraction of sp³-hybridized carbons (Fsp3) is 0.400. The third-order valence-electron chi connectivity index (χ3n) is 2.14. The first-order valence-electron chi connectivity index (χ1n) is 4.53. The molecule has 0 saturated heterocycles. The fourth-order valence-electron chi connectivity index (χ4n) is 1.22. The number of alkyl halides is 1. The number of aliphatic hydroxyl groups excluding tert-OH is 2. The highest BCUT2D eigenvalue weighted by Crippen LogP contribution is 2.26. The summed E-state index contributed by atoms with van der Waals surface area (Å²) in [5.74, 6) is 0. The number of hydrogen-bond acceptors (Lipinski definition) is 3. The molecule has 2 unspecified atom stereocenters. The molecule has 3 nitrogen and oxygen atoms in total. The van der Waals surface area contributed by atoms with Gasteiger partial charge >= 0.3 is 0 Å². The second-order valence-corrected chi connectivity index (χ2v) is 4.47. The molecule has 4 N–H and O–H groups in total. The maximum Gasteiger partial charge on any atom is 0.105 e. The van der Waals surface area contributed by atoms with Crippen molar-refractivity contribution in [3.63, 3.8) is 0 Å². The molecule has 0 aliphatic carbocycles. The Kier molecular flexibility index (Phi) is 4.86. The number of nitrogens with two attached hydrogens (primary N) is 1. The number of anilines is 1. The first kappa shape index (κ1) is 12.8. The zero-order valence-electron chi connectivity index (χ0n) is 8.03. The molecule has 0 aliphatic rings. The first-order valence-corrected chi connectivity index (χ1v) is 6.03. The maximum absolute atomic E-state index is 9.77. The summed E-state index contributed by atoms with van der Waals surface area (Å²) in [6, 6.07) is 4.84. The summed E-state index contributed by atoms with van der Waals surface area (Å²) in [4.78, 5) is 0. The molecule has 5 heteroatoms. The molecule has 0 bridgehead atoms. The predicted octanol–water partition coefficient (Wildman–Crippen LogP) is 2.10. The minimum absolute atomic E-state index is 0.387. The lowest BCUT2D eigenvalue weighted by molar-refractivity contribution is 0.0174. The normalized spacial score (nSPS) is 14.9. The van der Waals surface area contributed by atoms with Gasteiger partial charge in [0.15, 0.2) is 0 Å². The number of hydrogen-bond donors (Lipinski definition) is 3. The van der Waals surface area contributed by atoms with Gasteiger partial charge in [-0.3, -0.25) is 0 Å². The summed E-state index contributed by atoms with van der Waals surface area (Å²) >= 11 is 9.01. The summed E-state index contributed by atoms with van der Waals surface area (Å²) in [6.45, 7) is 0. The van der Waals surface area contributed by atoms with Crippen molar-refractivity contribution < 1.29 is 10.2 Å². The van der Waals surface area contributed by atoms with E-state index in [0.29, 0.717) is 28.0 Å². The summed E-state index contributed by atoms with van der Waals surface area (Å²) in [5, 5.41) is 20.4. The quantitative estimate of drug-likeness (QED) is 0.588. The molecule has 2 atom stereocenters. The molecule has 84 valence electrons. The number of rotatable bonds is 4. The molecule has 1 aromatic rings. The Balaban J connectivity index is 2.81. The van der Waals surface area contributed by atoms with E-state index < -0.39 is 12.2 Å². The third kappa shape index (κ3) is 3.34. The zero-order chi connectivity index (χ0) is 11.4. The van der Waals surface area contributed by atoms with Crippen LogP contribution in [0.5, 0.6) is 0 Å². The molecule has 0 aromatic heterocycles. The average molecular weight is 295 g/mol. The molecule has 0 amide bonds. The van der Waals surface area contributed by atoms with Gasteiger partial charge in [0.1, 0.15) is 6.10 Å². The second-order valence-electron chi connectivity index (χ2n) is 3.27. The van der Waals surface area contributed by atoms with E-state index in [0.717, 1.165) is 0 Å². The Morgan fingerprint density at radius 1 is 1.40 bits per heavy atom. The fourth-order valence-corrected chi connectivity index (χ4v) is 1.88. The molecule has 0 spiro atoms. The van der Waals surface area contributed by atoms with E-state index >= 15 is 0 Å². The van der Waals surface area contributed by atoms with Gasteiger partial charge in [-0.25, -0.2) is 0 Å². The largest absolute Gasteiger partial charge is 0.398 e. The molecule has 0 aliphatic heterocycles. The van der Waals surface area contributed by atoms with Crippen LogP contribution in [-0.4, -0.2) is 21.6 Å². The van der Waals surface area contributed by atoms with Crippen LogP contribution >= 0.6 is 27.5 Å². The molecular weight excluding hydrogens is 281 g/mol. The molecular formula is C10H13BrClNO2. The SMILES string of the molecule is Nc1ccc(C(O)C(O)CCBr)cc1Cl. The Morgan fingerprint density at radius 3 is 2.60 bits per heavy atom. The van der Waals surface area contributed by atoms with E-state index in [1.807, 2.05) is 0 Å². The lowest BCUT2D eigenvalue weighted by Gasteiger charge is -2.17. The predicted molar refractivity (Wildman–Crippen MR) is 65.2 cm³/mol. The van der Waals surface area contributed by atoms with Gasteiger partial charge in [0.05, 0.1) is 16.8 Å². The first-order chi connectivity index (χ1) is 7.06. The van der Waals surface area contributed by atoms with Crippen LogP contribution in [0.15, 0.2) is 18.2 Å². The van der Waals surface area contributed by atoms with Crippen LogP contribution < -0.4 is 5.73 Å². The molecule has 0 heterocycles. The number of nitrogen functional groups attached to an aromatic ring is 1. The van der Waals surface area contributed by atoms with E-state index in [4.69, 9.17) is 17.3 Å². The van der Waals surface area contributed by atoms with E-state index in [9.17, 15) is 10.2 Å². The minimum Gasteiger partial charge on any atom is -0.398 e. The summed E-state index contributed by atoms with van der Waals surface area (Å²) in [7, 11) is 0. The number of benzene rings is 1. The average Bonchev–Trinajstić information content (AvgIpc) is 2.21. The molecule has 0 saturated carbocycles. The zero-order valence-corrected chi connectivity index (χ0v) is 10.4. The Hall–Kier alpha value is -0.290. The van der Waals surface area contributed by atoms with E-state index in [-0.39, 0.29) is 0 Å². The third-order valence-corrected chi connectivity index (χ3v) is 2.92. The van der Waals surface area contributed by atoms with Crippen LogP contribution in [0, 0.1) is 0 Å². The van der Waals surface area contributed by atoms with Gasteiger partial charge in [-0.1, -0.05) is 33.6 Å². The number of halogens is 2. The van der Waals surface area contributed by atoms with Gasteiger partial charge in [0.25, 0.3) is 0 Å².